The van der Waals surface area contributed by atoms with Crippen LogP contribution in [0.2, 0.25) is 0 Å². The minimum atomic E-state index is -0.0698. The van der Waals surface area contributed by atoms with Crippen molar-refractivity contribution in [1.29, 1.82) is 0 Å². The largest absolute Gasteiger partial charge is 0.381 e. The zero-order valence-corrected chi connectivity index (χ0v) is 15.1. The molecule has 0 aliphatic heterocycles. The van der Waals surface area contributed by atoms with E-state index in [0.29, 0.717) is 11.0 Å². The van der Waals surface area contributed by atoms with E-state index in [0.717, 1.165) is 31.5 Å². The van der Waals surface area contributed by atoms with Crippen LogP contribution < -0.4 is 10.9 Å². The fourth-order valence-electron chi connectivity index (χ4n) is 2.08. The molecule has 20 heavy (non-hydrogen) atoms. The summed E-state index contributed by atoms with van der Waals surface area (Å²) in [5, 5.41) is 7.59. The topological polar surface area (TPSA) is 46.9 Å². The number of nitrogens with one attached hydrogen (secondary N) is 1. The number of anilines is 1. The Bertz CT molecular complexity index is 478. The van der Waals surface area contributed by atoms with Crippen LogP contribution in [0.5, 0.6) is 0 Å². The van der Waals surface area contributed by atoms with Crippen molar-refractivity contribution in [2.24, 2.45) is 0 Å². The van der Waals surface area contributed by atoms with Crippen molar-refractivity contribution in [1.82, 2.24) is 9.78 Å². The first kappa shape index (κ1) is 17.6. The minimum Gasteiger partial charge on any atom is -0.381 e. The van der Waals surface area contributed by atoms with E-state index in [-0.39, 0.29) is 10.3 Å². The number of thioether (sulfide) groups is 1. The SMILES string of the molecule is CCCn1ncc(NCC(CC)(CC)SC)c(Br)c1=O. The van der Waals surface area contributed by atoms with E-state index in [4.69, 9.17) is 0 Å². The van der Waals surface area contributed by atoms with Gasteiger partial charge < -0.3 is 5.32 Å². The molecule has 0 aliphatic rings. The molecule has 0 atom stereocenters. The van der Waals surface area contributed by atoms with Crippen LogP contribution in [0.25, 0.3) is 0 Å². The molecular formula is C14H24BrN3OS. The third-order valence-electron chi connectivity index (χ3n) is 3.74. The molecule has 1 N–H and O–H groups in total. The summed E-state index contributed by atoms with van der Waals surface area (Å²) in [6, 6.07) is 0. The highest BCUT2D eigenvalue weighted by atomic mass is 79.9. The van der Waals surface area contributed by atoms with Gasteiger partial charge in [-0.2, -0.15) is 16.9 Å². The molecule has 4 nitrogen and oxygen atoms in total. The van der Waals surface area contributed by atoms with Crippen LogP contribution in [-0.4, -0.2) is 27.3 Å². The number of halogens is 1. The fraction of sp³-hybridized carbons (Fsp3) is 0.714. The molecular weight excluding hydrogens is 338 g/mol. The van der Waals surface area contributed by atoms with Crippen LogP contribution in [0.15, 0.2) is 15.5 Å². The number of aryl methyl sites for hydroxylation is 1. The summed E-state index contributed by atoms with van der Waals surface area (Å²) < 4.78 is 2.28. The first-order valence-electron chi connectivity index (χ1n) is 7.08. The summed E-state index contributed by atoms with van der Waals surface area (Å²) in [7, 11) is 0. The minimum absolute atomic E-state index is 0.0698. The zero-order valence-electron chi connectivity index (χ0n) is 12.7. The average Bonchev–Trinajstić information content (AvgIpc) is 2.48. The molecule has 0 bridgehead atoms. The molecule has 0 saturated heterocycles. The van der Waals surface area contributed by atoms with Crippen molar-refractivity contribution in [2.75, 3.05) is 18.1 Å². The van der Waals surface area contributed by atoms with Gasteiger partial charge in [0.05, 0.1) is 11.9 Å². The Labute approximate surface area is 133 Å². The van der Waals surface area contributed by atoms with E-state index in [1.165, 1.54) is 4.68 Å². The van der Waals surface area contributed by atoms with Crippen LogP contribution in [0.3, 0.4) is 0 Å². The zero-order chi connectivity index (χ0) is 15.2. The van der Waals surface area contributed by atoms with Gasteiger partial charge in [0.15, 0.2) is 0 Å². The average molecular weight is 362 g/mol. The van der Waals surface area contributed by atoms with Gasteiger partial charge in [-0.1, -0.05) is 20.8 Å². The van der Waals surface area contributed by atoms with E-state index in [1.807, 2.05) is 18.7 Å². The Morgan fingerprint density at radius 1 is 1.40 bits per heavy atom. The number of nitrogens with zero attached hydrogens (tertiary/aromatic N) is 2. The summed E-state index contributed by atoms with van der Waals surface area (Å²) in [6.45, 7) is 7.92. The van der Waals surface area contributed by atoms with Crippen LogP contribution in [0.1, 0.15) is 40.0 Å². The van der Waals surface area contributed by atoms with Crippen LogP contribution >= 0.6 is 27.7 Å². The summed E-state index contributed by atoms with van der Waals surface area (Å²) in [5.74, 6) is 0. The molecule has 0 amide bonds. The maximum absolute atomic E-state index is 12.1. The Morgan fingerprint density at radius 3 is 2.55 bits per heavy atom. The van der Waals surface area contributed by atoms with Crippen molar-refractivity contribution < 1.29 is 0 Å². The van der Waals surface area contributed by atoms with E-state index in [9.17, 15) is 4.79 Å². The van der Waals surface area contributed by atoms with Crippen molar-refractivity contribution >= 4 is 33.4 Å². The predicted octanol–water partition coefficient (Wildman–Crippen LogP) is 3.75. The molecule has 114 valence electrons. The Hall–Kier alpha value is -0.490. The molecule has 0 aliphatic carbocycles. The van der Waals surface area contributed by atoms with Crippen molar-refractivity contribution in [2.45, 2.75) is 51.3 Å². The molecule has 1 rings (SSSR count). The first-order chi connectivity index (χ1) is 9.53. The van der Waals surface area contributed by atoms with E-state index >= 15 is 0 Å². The third kappa shape index (κ3) is 4.01. The number of hydrogen-bond donors (Lipinski definition) is 1. The lowest BCUT2D eigenvalue weighted by Crippen LogP contribution is -2.33. The van der Waals surface area contributed by atoms with Gasteiger partial charge in [0.2, 0.25) is 0 Å². The molecule has 1 aromatic rings. The Kier molecular flexibility index (Phi) is 7.09. The molecule has 0 spiro atoms. The smallest absolute Gasteiger partial charge is 0.283 e. The van der Waals surface area contributed by atoms with Gasteiger partial charge in [-0.15, -0.1) is 0 Å². The fourth-order valence-corrected chi connectivity index (χ4v) is 3.32. The van der Waals surface area contributed by atoms with Gasteiger partial charge in [0.1, 0.15) is 4.47 Å². The highest BCUT2D eigenvalue weighted by molar-refractivity contribution is 9.10. The second-order valence-electron chi connectivity index (χ2n) is 4.85. The molecule has 0 fully saturated rings. The predicted molar refractivity (Wildman–Crippen MR) is 91.8 cm³/mol. The lowest BCUT2D eigenvalue weighted by atomic mass is 10.0. The van der Waals surface area contributed by atoms with Gasteiger partial charge in [-0.05, 0) is 41.4 Å². The number of rotatable bonds is 8. The van der Waals surface area contributed by atoms with Crippen molar-refractivity contribution in [3.05, 3.63) is 21.0 Å². The third-order valence-corrected chi connectivity index (χ3v) is 6.10. The monoisotopic (exact) mass is 361 g/mol. The van der Waals surface area contributed by atoms with E-state index in [2.05, 4.69) is 46.4 Å². The summed E-state index contributed by atoms with van der Waals surface area (Å²) in [5.41, 5.74) is 0.710. The quantitative estimate of drug-likeness (QED) is 0.765. The number of hydrogen-bond acceptors (Lipinski definition) is 4. The maximum Gasteiger partial charge on any atom is 0.283 e. The Morgan fingerprint density at radius 2 is 2.05 bits per heavy atom. The van der Waals surface area contributed by atoms with Gasteiger partial charge >= 0.3 is 0 Å². The van der Waals surface area contributed by atoms with Crippen LogP contribution in [-0.2, 0) is 6.54 Å². The van der Waals surface area contributed by atoms with Gasteiger partial charge in [0.25, 0.3) is 5.56 Å². The maximum atomic E-state index is 12.1. The molecule has 0 radical (unpaired) electrons. The number of aromatic nitrogens is 2. The molecule has 1 heterocycles. The normalized spacial score (nSPS) is 11.7. The second kappa shape index (κ2) is 8.08. The van der Waals surface area contributed by atoms with Gasteiger partial charge in [-0.25, -0.2) is 4.68 Å². The van der Waals surface area contributed by atoms with Gasteiger partial charge in [0, 0.05) is 17.8 Å². The first-order valence-corrected chi connectivity index (χ1v) is 9.10. The van der Waals surface area contributed by atoms with Crippen molar-refractivity contribution in [3.63, 3.8) is 0 Å². The summed E-state index contributed by atoms with van der Waals surface area (Å²) in [6.07, 6.45) is 6.96. The highest BCUT2D eigenvalue weighted by Gasteiger charge is 2.25. The Balaban J connectivity index is 2.89. The standard InChI is InChI=1S/C14H24BrN3OS/c1-5-8-18-13(19)12(15)11(9-17-18)16-10-14(6-2,7-3)20-4/h9,16H,5-8,10H2,1-4H3. The molecule has 1 aromatic heterocycles. The molecule has 6 heteroatoms. The van der Waals surface area contributed by atoms with E-state index in [1.54, 1.807) is 6.20 Å². The second-order valence-corrected chi connectivity index (χ2v) is 6.92. The van der Waals surface area contributed by atoms with Gasteiger partial charge in [-0.3, -0.25) is 4.79 Å². The summed E-state index contributed by atoms with van der Waals surface area (Å²) in [4.78, 5) is 12.1. The molecule has 0 aromatic carbocycles. The lowest BCUT2D eigenvalue weighted by molar-refractivity contribution is 0.561. The highest BCUT2D eigenvalue weighted by Crippen LogP contribution is 2.31. The molecule has 0 saturated carbocycles. The molecule has 0 unspecified atom stereocenters. The lowest BCUT2D eigenvalue weighted by Gasteiger charge is -2.30. The summed E-state index contributed by atoms with van der Waals surface area (Å²) >= 11 is 5.27. The van der Waals surface area contributed by atoms with Crippen LogP contribution in [0.4, 0.5) is 5.69 Å². The van der Waals surface area contributed by atoms with E-state index < -0.39 is 0 Å². The van der Waals surface area contributed by atoms with Crippen LogP contribution in [0, 0.1) is 0 Å². The van der Waals surface area contributed by atoms with Crippen molar-refractivity contribution in [3.8, 4) is 0 Å².